The molecular formula is C15H29N. The van der Waals surface area contributed by atoms with E-state index in [1.165, 1.54) is 19.3 Å². The maximum absolute atomic E-state index is 3.82. The Morgan fingerprint density at radius 2 is 1.62 bits per heavy atom. The van der Waals surface area contributed by atoms with Gasteiger partial charge < -0.3 is 5.32 Å². The largest absolute Gasteiger partial charge is 0.309 e. The average Bonchev–Trinajstić information content (AvgIpc) is 2.34. The summed E-state index contributed by atoms with van der Waals surface area (Å²) in [5, 5.41) is 3.82. The van der Waals surface area contributed by atoms with Gasteiger partial charge in [0.15, 0.2) is 0 Å². The summed E-state index contributed by atoms with van der Waals surface area (Å²) in [4.78, 5) is 0. The molecule has 1 saturated carbocycles. The molecule has 1 aliphatic heterocycles. The first-order valence-electron chi connectivity index (χ1n) is 7.04. The fraction of sp³-hybridized carbons (Fsp3) is 1.00. The van der Waals surface area contributed by atoms with Gasteiger partial charge in [0.25, 0.3) is 0 Å². The molecule has 0 amide bonds. The van der Waals surface area contributed by atoms with Crippen LogP contribution in [-0.2, 0) is 0 Å². The molecule has 0 aromatic heterocycles. The first kappa shape index (κ1) is 12.4. The van der Waals surface area contributed by atoms with E-state index in [4.69, 9.17) is 0 Å². The highest BCUT2D eigenvalue weighted by Crippen LogP contribution is 2.55. The summed E-state index contributed by atoms with van der Waals surface area (Å²) >= 11 is 0. The summed E-state index contributed by atoms with van der Waals surface area (Å²) in [5.41, 5.74) is 0.906. The van der Waals surface area contributed by atoms with Gasteiger partial charge in [-0.05, 0) is 63.2 Å². The molecule has 0 aromatic carbocycles. The lowest BCUT2D eigenvalue weighted by Crippen LogP contribution is -2.45. The Labute approximate surface area is 101 Å². The van der Waals surface area contributed by atoms with Gasteiger partial charge in [0.05, 0.1) is 0 Å². The second-order valence-corrected chi connectivity index (χ2v) is 7.46. The predicted octanol–water partition coefficient (Wildman–Crippen LogP) is 3.84. The SMILES string of the molecule is CC1NC(C)(C)C[C@@]12C[C@H](C)[C@H](C)C[C@H]2C. The molecule has 1 saturated heterocycles. The summed E-state index contributed by atoms with van der Waals surface area (Å²) in [6.07, 6.45) is 4.20. The van der Waals surface area contributed by atoms with E-state index < -0.39 is 0 Å². The van der Waals surface area contributed by atoms with Crippen molar-refractivity contribution >= 4 is 0 Å². The van der Waals surface area contributed by atoms with E-state index in [1.807, 2.05) is 0 Å². The zero-order valence-electron chi connectivity index (χ0n) is 11.9. The van der Waals surface area contributed by atoms with Crippen molar-refractivity contribution in [2.24, 2.45) is 23.2 Å². The van der Waals surface area contributed by atoms with Gasteiger partial charge in [0.1, 0.15) is 0 Å². The van der Waals surface area contributed by atoms with Gasteiger partial charge in [0, 0.05) is 11.6 Å². The minimum Gasteiger partial charge on any atom is -0.309 e. The highest BCUT2D eigenvalue weighted by molar-refractivity contribution is 5.08. The summed E-state index contributed by atoms with van der Waals surface area (Å²) in [7, 11) is 0. The van der Waals surface area contributed by atoms with Gasteiger partial charge in [-0.2, -0.15) is 0 Å². The van der Waals surface area contributed by atoms with Crippen molar-refractivity contribution in [3.63, 3.8) is 0 Å². The first-order valence-corrected chi connectivity index (χ1v) is 7.04. The number of hydrogen-bond donors (Lipinski definition) is 1. The monoisotopic (exact) mass is 223 g/mol. The molecule has 1 aliphatic carbocycles. The van der Waals surface area contributed by atoms with Gasteiger partial charge in [-0.25, -0.2) is 0 Å². The van der Waals surface area contributed by atoms with E-state index in [9.17, 15) is 0 Å². The lowest BCUT2D eigenvalue weighted by molar-refractivity contribution is 0.0303. The summed E-state index contributed by atoms with van der Waals surface area (Å²) in [6, 6.07) is 0.687. The topological polar surface area (TPSA) is 12.0 Å². The standard InChI is InChI=1S/C15H29N/c1-10-7-12(3)15(8-11(10)2)9-14(5,6)16-13(15)4/h10-13,16H,7-9H2,1-6H3/t10-,11+,12-,13?,15-/m1/s1. The van der Waals surface area contributed by atoms with Crippen LogP contribution in [0, 0.1) is 23.2 Å². The summed E-state index contributed by atoms with van der Waals surface area (Å²) in [5.74, 6) is 2.69. The molecule has 1 spiro atoms. The Morgan fingerprint density at radius 3 is 2.12 bits per heavy atom. The molecule has 0 bridgehead atoms. The zero-order chi connectivity index (χ0) is 12.1. The van der Waals surface area contributed by atoms with Gasteiger partial charge in [-0.1, -0.05) is 20.8 Å². The Bertz CT molecular complexity index is 271. The second kappa shape index (κ2) is 3.73. The van der Waals surface area contributed by atoms with E-state index >= 15 is 0 Å². The van der Waals surface area contributed by atoms with Crippen LogP contribution in [0.5, 0.6) is 0 Å². The Balaban J connectivity index is 2.24. The van der Waals surface area contributed by atoms with E-state index in [0.29, 0.717) is 17.0 Å². The third-order valence-corrected chi connectivity index (χ3v) is 5.62. The molecule has 1 N–H and O–H groups in total. The molecular weight excluding hydrogens is 194 g/mol. The average molecular weight is 223 g/mol. The predicted molar refractivity (Wildman–Crippen MR) is 70.5 cm³/mol. The van der Waals surface area contributed by atoms with Crippen LogP contribution >= 0.6 is 0 Å². The smallest absolute Gasteiger partial charge is 0.0133 e. The molecule has 2 rings (SSSR count). The fourth-order valence-corrected chi connectivity index (χ4v) is 4.63. The zero-order valence-corrected chi connectivity index (χ0v) is 11.9. The third-order valence-electron chi connectivity index (χ3n) is 5.62. The third kappa shape index (κ3) is 1.81. The lowest BCUT2D eigenvalue weighted by Gasteiger charge is -2.48. The second-order valence-electron chi connectivity index (χ2n) is 7.46. The Morgan fingerprint density at radius 1 is 1.00 bits per heavy atom. The minimum absolute atomic E-state index is 0.341. The van der Waals surface area contributed by atoms with E-state index in [1.54, 1.807) is 0 Å². The Kier molecular flexibility index (Phi) is 2.89. The Hall–Kier alpha value is -0.0400. The summed E-state index contributed by atoms with van der Waals surface area (Å²) in [6.45, 7) is 14.5. The van der Waals surface area contributed by atoms with Gasteiger partial charge in [-0.3, -0.25) is 0 Å². The van der Waals surface area contributed by atoms with Crippen molar-refractivity contribution in [2.45, 2.75) is 72.4 Å². The van der Waals surface area contributed by atoms with Crippen LogP contribution in [0.2, 0.25) is 0 Å². The molecule has 94 valence electrons. The van der Waals surface area contributed by atoms with Crippen molar-refractivity contribution in [1.29, 1.82) is 0 Å². The highest BCUT2D eigenvalue weighted by Gasteiger charge is 2.53. The fourth-order valence-electron chi connectivity index (χ4n) is 4.63. The van der Waals surface area contributed by atoms with Crippen molar-refractivity contribution in [3.8, 4) is 0 Å². The van der Waals surface area contributed by atoms with Crippen LogP contribution < -0.4 is 5.32 Å². The molecule has 0 radical (unpaired) electrons. The summed E-state index contributed by atoms with van der Waals surface area (Å²) < 4.78 is 0. The highest BCUT2D eigenvalue weighted by atomic mass is 15.1. The van der Waals surface area contributed by atoms with Crippen LogP contribution in [-0.4, -0.2) is 11.6 Å². The molecule has 2 fully saturated rings. The molecule has 5 atom stereocenters. The molecule has 1 unspecified atom stereocenters. The molecule has 2 aliphatic rings. The number of rotatable bonds is 0. The van der Waals surface area contributed by atoms with Crippen LogP contribution in [0.25, 0.3) is 0 Å². The van der Waals surface area contributed by atoms with Crippen LogP contribution in [0.3, 0.4) is 0 Å². The van der Waals surface area contributed by atoms with Crippen LogP contribution in [0.15, 0.2) is 0 Å². The number of hydrogen-bond acceptors (Lipinski definition) is 1. The van der Waals surface area contributed by atoms with E-state index in [0.717, 1.165) is 17.8 Å². The van der Waals surface area contributed by atoms with Gasteiger partial charge in [-0.15, -0.1) is 0 Å². The number of nitrogens with one attached hydrogen (secondary N) is 1. The van der Waals surface area contributed by atoms with Crippen molar-refractivity contribution in [3.05, 3.63) is 0 Å². The quantitative estimate of drug-likeness (QED) is 0.658. The van der Waals surface area contributed by atoms with Crippen LogP contribution in [0.1, 0.15) is 60.8 Å². The molecule has 16 heavy (non-hydrogen) atoms. The minimum atomic E-state index is 0.341. The molecule has 1 heteroatoms. The van der Waals surface area contributed by atoms with Crippen molar-refractivity contribution in [2.75, 3.05) is 0 Å². The van der Waals surface area contributed by atoms with Crippen molar-refractivity contribution in [1.82, 2.24) is 5.32 Å². The van der Waals surface area contributed by atoms with Crippen molar-refractivity contribution < 1.29 is 0 Å². The molecule has 1 heterocycles. The first-order chi connectivity index (χ1) is 7.27. The molecule has 0 aromatic rings. The van der Waals surface area contributed by atoms with Gasteiger partial charge in [0.2, 0.25) is 0 Å². The van der Waals surface area contributed by atoms with E-state index in [2.05, 4.69) is 46.9 Å². The van der Waals surface area contributed by atoms with E-state index in [-0.39, 0.29) is 0 Å². The maximum Gasteiger partial charge on any atom is 0.0133 e. The van der Waals surface area contributed by atoms with Crippen LogP contribution in [0.4, 0.5) is 0 Å². The normalized spacial score (nSPS) is 52.1. The lowest BCUT2D eigenvalue weighted by atomic mass is 9.57. The van der Waals surface area contributed by atoms with Gasteiger partial charge >= 0.3 is 0 Å². The maximum atomic E-state index is 3.82. The molecule has 1 nitrogen and oxygen atoms in total.